The molecule has 0 aromatic carbocycles. The summed E-state index contributed by atoms with van der Waals surface area (Å²) in [5, 5.41) is 12.2. The third kappa shape index (κ3) is 4.83. The number of hydrogen-bond acceptors (Lipinski definition) is 5. The van der Waals surface area contributed by atoms with Crippen molar-refractivity contribution < 1.29 is 12.7 Å². The Bertz CT molecular complexity index is 483. The van der Waals surface area contributed by atoms with Crippen LogP contribution in [-0.2, 0) is 14.4 Å². The van der Waals surface area contributed by atoms with Crippen LogP contribution in [0, 0.1) is 11.3 Å². The molecule has 0 aliphatic heterocycles. The van der Waals surface area contributed by atoms with E-state index in [-0.39, 0.29) is 5.75 Å². The first kappa shape index (κ1) is 13.5. The van der Waals surface area contributed by atoms with E-state index in [9.17, 15) is 8.42 Å². The number of hydrogen-bond donors (Lipinski definition) is 0. The van der Waals surface area contributed by atoms with Crippen LogP contribution in [-0.4, -0.2) is 19.9 Å². The zero-order chi connectivity index (χ0) is 12.7. The molecule has 92 valence electrons. The zero-order valence-electron chi connectivity index (χ0n) is 9.42. The summed E-state index contributed by atoms with van der Waals surface area (Å²) < 4.78 is 26.9. The molecule has 0 fully saturated rings. The van der Waals surface area contributed by atoms with Crippen LogP contribution in [0.3, 0.4) is 0 Å². The van der Waals surface area contributed by atoms with Crippen molar-refractivity contribution >= 4 is 15.8 Å². The van der Waals surface area contributed by atoms with E-state index in [0.717, 1.165) is 18.4 Å². The second kappa shape index (κ2) is 6.21. The first-order chi connectivity index (χ1) is 8.07. The number of rotatable bonds is 5. The summed E-state index contributed by atoms with van der Waals surface area (Å²) in [6.07, 6.45) is 5.70. The van der Waals surface area contributed by atoms with Crippen molar-refractivity contribution in [3.05, 3.63) is 24.3 Å². The van der Waals surface area contributed by atoms with E-state index in [0.29, 0.717) is 18.6 Å². The van der Waals surface area contributed by atoms with Gasteiger partial charge in [-0.15, -0.1) is 6.58 Å². The van der Waals surface area contributed by atoms with Crippen LogP contribution >= 0.6 is 0 Å². The molecule has 0 saturated carbocycles. The Labute approximate surface area is 101 Å². The van der Waals surface area contributed by atoms with Gasteiger partial charge < -0.3 is 0 Å². The predicted molar refractivity (Wildman–Crippen MR) is 64.7 cm³/mol. The molecule has 0 radical (unpaired) electrons. The number of allylic oxidation sites excluding steroid dienone is 2. The lowest BCUT2D eigenvalue weighted by Gasteiger charge is -2.11. The van der Waals surface area contributed by atoms with E-state index in [4.69, 9.17) is 5.26 Å². The molecule has 0 N–H and O–H groups in total. The molecule has 0 aromatic heterocycles. The molecule has 17 heavy (non-hydrogen) atoms. The molecule has 0 atom stereocenters. The minimum Gasteiger partial charge on any atom is -0.268 e. The average Bonchev–Trinajstić information content (AvgIpc) is 2.28. The summed E-state index contributed by atoms with van der Waals surface area (Å²) in [6.45, 7) is 3.32. The minimum atomic E-state index is -3.66. The Morgan fingerprint density at radius 1 is 1.59 bits per heavy atom. The van der Waals surface area contributed by atoms with Crippen molar-refractivity contribution in [2.45, 2.75) is 25.7 Å². The van der Waals surface area contributed by atoms with Gasteiger partial charge >= 0.3 is 10.1 Å². The largest absolute Gasteiger partial charge is 0.332 e. The third-order valence-corrected chi connectivity index (χ3v) is 3.14. The van der Waals surface area contributed by atoms with Gasteiger partial charge in [-0.25, -0.2) is 0 Å². The maximum Gasteiger partial charge on any atom is 0.332 e. The van der Waals surface area contributed by atoms with Gasteiger partial charge in [-0.2, -0.15) is 13.7 Å². The van der Waals surface area contributed by atoms with E-state index in [1.165, 1.54) is 6.08 Å². The Morgan fingerprint density at radius 2 is 2.35 bits per heavy atom. The van der Waals surface area contributed by atoms with Gasteiger partial charge in [0.25, 0.3) is 0 Å². The smallest absolute Gasteiger partial charge is 0.268 e. The molecule has 0 saturated heterocycles. The Hall–Kier alpha value is -1.61. The van der Waals surface area contributed by atoms with Crippen molar-refractivity contribution in [1.29, 1.82) is 5.26 Å². The van der Waals surface area contributed by atoms with E-state index < -0.39 is 10.1 Å². The van der Waals surface area contributed by atoms with Crippen molar-refractivity contribution in [2.24, 2.45) is 5.16 Å². The summed E-state index contributed by atoms with van der Waals surface area (Å²) in [5.41, 5.74) is 1.52. The van der Waals surface area contributed by atoms with Gasteiger partial charge in [-0.3, -0.25) is 4.28 Å². The Morgan fingerprint density at radius 3 is 3.00 bits per heavy atom. The van der Waals surface area contributed by atoms with E-state index in [1.54, 1.807) is 6.08 Å². The second-order valence-corrected chi connectivity index (χ2v) is 5.26. The van der Waals surface area contributed by atoms with Crippen molar-refractivity contribution in [2.75, 3.05) is 5.75 Å². The highest BCUT2D eigenvalue weighted by atomic mass is 32.2. The number of nitrogens with zero attached hydrogens (tertiary/aromatic N) is 2. The number of oxime groups is 1. The SMILES string of the molecule is C=CCS(=O)(=O)O/N=C1/C=C(CC#N)CCC1. The van der Waals surface area contributed by atoms with E-state index in [1.807, 2.05) is 0 Å². The molecular weight excluding hydrogens is 240 g/mol. The summed E-state index contributed by atoms with van der Waals surface area (Å²) in [4.78, 5) is 0. The Kier molecular flexibility index (Phi) is 4.91. The molecule has 0 bridgehead atoms. The highest BCUT2D eigenvalue weighted by molar-refractivity contribution is 7.86. The molecule has 6 heteroatoms. The Balaban J connectivity index is 2.70. The lowest BCUT2D eigenvalue weighted by Crippen LogP contribution is -2.09. The van der Waals surface area contributed by atoms with Crippen molar-refractivity contribution in [3.8, 4) is 6.07 Å². The molecule has 1 aliphatic carbocycles. The maximum absolute atomic E-state index is 11.2. The van der Waals surface area contributed by atoms with Gasteiger partial charge in [-0.05, 0) is 25.3 Å². The molecule has 0 unspecified atom stereocenters. The van der Waals surface area contributed by atoms with Crippen molar-refractivity contribution in [3.63, 3.8) is 0 Å². The highest BCUT2D eigenvalue weighted by Crippen LogP contribution is 2.18. The third-order valence-electron chi connectivity index (χ3n) is 2.20. The van der Waals surface area contributed by atoms with Crippen molar-refractivity contribution in [1.82, 2.24) is 0 Å². The van der Waals surface area contributed by atoms with Gasteiger partial charge in [0, 0.05) is 0 Å². The van der Waals surface area contributed by atoms with Gasteiger partial charge in [0.15, 0.2) is 0 Å². The summed E-state index contributed by atoms with van der Waals surface area (Å²) in [5.74, 6) is -0.265. The second-order valence-electron chi connectivity index (χ2n) is 3.66. The molecule has 5 nitrogen and oxygen atoms in total. The first-order valence-corrected chi connectivity index (χ1v) is 6.80. The van der Waals surface area contributed by atoms with Gasteiger partial charge in [0.1, 0.15) is 5.75 Å². The van der Waals surface area contributed by atoms with Crippen LogP contribution < -0.4 is 0 Å². The highest BCUT2D eigenvalue weighted by Gasteiger charge is 2.12. The first-order valence-electron chi connectivity index (χ1n) is 5.23. The molecule has 1 aliphatic rings. The van der Waals surface area contributed by atoms with Crippen LogP contribution in [0.25, 0.3) is 0 Å². The fraction of sp³-hybridized carbons (Fsp3) is 0.455. The predicted octanol–water partition coefficient (Wildman–Crippen LogP) is 1.90. The van der Waals surface area contributed by atoms with Crippen LogP contribution in [0.15, 0.2) is 29.5 Å². The van der Waals surface area contributed by atoms with Crippen LogP contribution in [0.4, 0.5) is 0 Å². The normalized spacial score (nSPS) is 18.3. The number of nitriles is 1. The van der Waals surface area contributed by atoms with Crippen LogP contribution in [0.5, 0.6) is 0 Å². The molecule has 0 aromatic rings. The average molecular weight is 254 g/mol. The fourth-order valence-electron chi connectivity index (χ4n) is 1.47. The summed E-state index contributed by atoms with van der Waals surface area (Å²) >= 11 is 0. The summed E-state index contributed by atoms with van der Waals surface area (Å²) in [6, 6.07) is 2.05. The monoisotopic (exact) mass is 254 g/mol. The fourth-order valence-corrected chi connectivity index (χ4v) is 2.03. The molecule has 0 spiro atoms. The molecular formula is C11H14N2O3S. The maximum atomic E-state index is 11.2. The summed E-state index contributed by atoms with van der Waals surface area (Å²) in [7, 11) is -3.66. The lowest BCUT2D eigenvalue weighted by atomic mass is 9.96. The minimum absolute atomic E-state index is 0.265. The molecule has 1 rings (SSSR count). The quantitative estimate of drug-likeness (QED) is 0.554. The van der Waals surface area contributed by atoms with E-state index in [2.05, 4.69) is 22.1 Å². The zero-order valence-corrected chi connectivity index (χ0v) is 10.2. The molecule has 0 heterocycles. The van der Waals surface area contributed by atoms with Gasteiger partial charge in [0.05, 0.1) is 18.2 Å². The van der Waals surface area contributed by atoms with Gasteiger partial charge in [-0.1, -0.05) is 16.8 Å². The topological polar surface area (TPSA) is 79.5 Å². The van der Waals surface area contributed by atoms with Gasteiger partial charge in [0.2, 0.25) is 0 Å². The van der Waals surface area contributed by atoms with Crippen LogP contribution in [0.1, 0.15) is 25.7 Å². The van der Waals surface area contributed by atoms with Crippen LogP contribution in [0.2, 0.25) is 0 Å². The standard InChI is InChI=1S/C11H14N2O3S/c1-2-8-17(14,15)16-13-11-5-3-4-10(9-11)6-7-12/h2,9H,1,3-6,8H2/b13-11+. The van der Waals surface area contributed by atoms with E-state index >= 15 is 0 Å². The molecule has 0 amide bonds. The lowest BCUT2D eigenvalue weighted by molar-refractivity contribution is 0.339.